The third-order valence-corrected chi connectivity index (χ3v) is 6.95. The van der Waals surface area contributed by atoms with Crippen LogP contribution in [0, 0.1) is 24.4 Å². The fourth-order valence-corrected chi connectivity index (χ4v) is 5.15. The summed E-state index contributed by atoms with van der Waals surface area (Å²) in [6, 6.07) is 12.1. The molecule has 1 fully saturated rings. The third kappa shape index (κ3) is 5.60. The van der Waals surface area contributed by atoms with E-state index in [1.165, 1.54) is 25.3 Å². The molecule has 0 unspecified atom stereocenters. The molecule has 0 spiro atoms. The highest BCUT2D eigenvalue weighted by Crippen LogP contribution is 2.41. The Morgan fingerprint density at radius 3 is 2.49 bits per heavy atom. The lowest BCUT2D eigenvalue weighted by Gasteiger charge is -2.34. The molecule has 2 heterocycles. The number of fused-ring (bicyclic) bond motifs is 1. The number of pyridine rings is 1. The number of hydrogen-bond donors (Lipinski definition) is 2. The number of amides is 1. The average molecular weight is 535 g/mol. The van der Waals surface area contributed by atoms with Crippen LogP contribution in [0.4, 0.5) is 24.5 Å². The van der Waals surface area contributed by atoms with Gasteiger partial charge in [-0.15, -0.1) is 0 Å². The minimum atomic E-state index is -0.901. The molecule has 0 saturated carbocycles. The number of carbonyl (C=O) groups is 1. The van der Waals surface area contributed by atoms with Gasteiger partial charge in [-0.25, -0.2) is 13.2 Å². The molecule has 0 aliphatic carbocycles. The molecule has 39 heavy (non-hydrogen) atoms. The van der Waals surface area contributed by atoms with Crippen molar-refractivity contribution in [3.63, 3.8) is 0 Å². The van der Waals surface area contributed by atoms with Crippen molar-refractivity contribution < 1.29 is 22.7 Å². The van der Waals surface area contributed by atoms with Crippen LogP contribution in [0.1, 0.15) is 18.4 Å². The van der Waals surface area contributed by atoms with Crippen molar-refractivity contribution in [2.24, 2.45) is 5.73 Å². The number of aromatic nitrogens is 1. The SMILES string of the molecule is COCC(=O)Nc1c(F)cc(F)cc1-c1ccc2ncc(-c3cc(C)cc(F)c3)c(N3CCC(N)CC3)c2c1. The molecule has 1 aliphatic heterocycles. The number of nitrogens with two attached hydrogens (primary N) is 1. The van der Waals surface area contributed by atoms with Crippen molar-refractivity contribution >= 4 is 28.2 Å². The lowest BCUT2D eigenvalue weighted by molar-refractivity contribution is -0.119. The summed E-state index contributed by atoms with van der Waals surface area (Å²) in [5.74, 6) is -2.60. The van der Waals surface area contributed by atoms with Gasteiger partial charge >= 0.3 is 0 Å². The maximum absolute atomic E-state index is 14.9. The van der Waals surface area contributed by atoms with E-state index in [2.05, 4.69) is 15.2 Å². The molecule has 3 aromatic carbocycles. The topological polar surface area (TPSA) is 80.5 Å². The Kier molecular flexibility index (Phi) is 7.54. The van der Waals surface area contributed by atoms with Gasteiger partial charge in [0.1, 0.15) is 24.1 Å². The standard InChI is InChI=1S/C30H29F3N4O2/c1-17-9-19(11-20(31)10-17)25-15-35-27-4-3-18(12-24(27)30(25)37-7-5-22(34)6-8-37)23-13-21(32)14-26(33)29(23)36-28(38)16-39-2/h3-4,9-15,22H,5-8,16,34H2,1-2H3,(H,36,38). The van der Waals surface area contributed by atoms with E-state index in [1.54, 1.807) is 18.3 Å². The van der Waals surface area contributed by atoms with Crippen LogP contribution >= 0.6 is 0 Å². The van der Waals surface area contributed by atoms with Crippen LogP contribution in [-0.4, -0.2) is 43.7 Å². The van der Waals surface area contributed by atoms with Crippen molar-refractivity contribution in [1.29, 1.82) is 0 Å². The van der Waals surface area contributed by atoms with Gasteiger partial charge in [0.15, 0.2) is 0 Å². The van der Waals surface area contributed by atoms with Crippen molar-refractivity contribution in [2.45, 2.75) is 25.8 Å². The van der Waals surface area contributed by atoms with Gasteiger partial charge in [-0.2, -0.15) is 0 Å². The van der Waals surface area contributed by atoms with E-state index in [0.29, 0.717) is 29.7 Å². The van der Waals surface area contributed by atoms with Crippen LogP contribution in [0.5, 0.6) is 0 Å². The first-order chi connectivity index (χ1) is 18.7. The molecule has 1 saturated heterocycles. The lowest BCUT2D eigenvalue weighted by atomic mass is 9.95. The largest absolute Gasteiger partial charge is 0.375 e. The zero-order valence-electron chi connectivity index (χ0n) is 21.7. The summed E-state index contributed by atoms with van der Waals surface area (Å²) in [5, 5.41) is 3.24. The molecule has 6 nitrogen and oxygen atoms in total. The molecule has 9 heteroatoms. The van der Waals surface area contributed by atoms with Gasteiger partial charge in [-0.1, -0.05) is 12.1 Å². The van der Waals surface area contributed by atoms with E-state index in [9.17, 15) is 18.0 Å². The maximum atomic E-state index is 14.9. The second-order valence-corrected chi connectivity index (χ2v) is 9.89. The summed E-state index contributed by atoms with van der Waals surface area (Å²) in [6.45, 7) is 2.93. The van der Waals surface area contributed by atoms with Crippen molar-refractivity contribution in [3.05, 3.63) is 77.7 Å². The van der Waals surface area contributed by atoms with Crippen LogP contribution in [0.25, 0.3) is 33.2 Å². The van der Waals surface area contributed by atoms with Crippen LogP contribution < -0.4 is 16.0 Å². The van der Waals surface area contributed by atoms with E-state index < -0.39 is 17.5 Å². The summed E-state index contributed by atoms with van der Waals surface area (Å²) in [4.78, 5) is 19.1. The Hall–Kier alpha value is -3.95. The third-order valence-electron chi connectivity index (χ3n) is 6.95. The summed E-state index contributed by atoms with van der Waals surface area (Å²) >= 11 is 0. The van der Waals surface area contributed by atoms with Crippen LogP contribution in [0.15, 0.2) is 54.7 Å². The first-order valence-electron chi connectivity index (χ1n) is 12.7. The number of anilines is 2. The number of rotatable bonds is 6. The number of nitrogens with zero attached hydrogens (tertiary/aromatic N) is 2. The number of ether oxygens (including phenoxy) is 1. The quantitative estimate of drug-likeness (QED) is 0.327. The first kappa shape index (κ1) is 26.6. The van der Waals surface area contributed by atoms with Crippen molar-refractivity contribution in [1.82, 2.24) is 4.98 Å². The lowest BCUT2D eigenvalue weighted by Crippen LogP contribution is -2.40. The number of methoxy groups -OCH3 is 1. The van der Waals surface area contributed by atoms with Gasteiger partial charge in [0.05, 0.1) is 16.9 Å². The Morgan fingerprint density at radius 1 is 1.03 bits per heavy atom. The predicted octanol–water partition coefficient (Wildman–Crippen LogP) is 5.81. The molecule has 1 amide bonds. The molecule has 0 atom stereocenters. The number of hydrogen-bond acceptors (Lipinski definition) is 5. The second-order valence-electron chi connectivity index (χ2n) is 9.89. The normalized spacial score (nSPS) is 14.2. The van der Waals surface area contributed by atoms with Crippen molar-refractivity contribution in [3.8, 4) is 22.3 Å². The van der Waals surface area contributed by atoms with Crippen LogP contribution in [-0.2, 0) is 9.53 Å². The Balaban J connectivity index is 1.73. The molecule has 202 valence electrons. The average Bonchev–Trinajstić information content (AvgIpc) is 2.89. The fraction of sp³-hybridized carbons (Fsp3) is 0.267. The van der Waals surface area contributed by atoms with Gasteiger partial charge < -0.3 is 20.7 Å². The Morgan fingerprint density at radius 2 is 1.77 bits per heavy atom. The van der Waals surface area contributed by atoms with E-state index in [-0.39, 0.29) is 29.7 Å². The van der Waals surface area contributed by atoms with Crippen molar-refractivity contribution in [2.75, 3.05) is 37.0 Å². The highest BCUT2D eigenvalue weighted by atomic mass is 19.1. The molecule has 1 aromatic heterocycles. The van der Waals surface area contributed by atoms with E-state index in [1.807, 2.05) is 19.1 Å². The van der Waals surface area contributed by atoms with Crippen LogP contribution in [0.3, 0.4) is 0 Å². The van der Waals surface area contributed by atoms with E-state index >= 15 is 0 Å². The molecule has 5 rings (SSSR count). The number of nitrogens with one attached hydrogen (secondary N) is 1. The zero-order valence-corrected chi connectivity index (χ0v) is 21.7. The van der Waals surface area contributed by atoms with Gasteiger partial charge in [-0.05, 0) is 66.8 Å². The second kappa shape index (κ2) is 11.0. The smallest absolute Gasteiger partial charge is 0.250 e. The summed E-state index contributed by atoms with van der Waals surface area (Å²) in [5.41, 5.74) is 10.4. The number of carbonyl (C=O) groups excluding carboxylic acids is 1. The van der Waals surface area contributed by atoms with E-state index in [0.717, 1.165) is 41.1 Å². The van der Waals surface area contributed by atoms with Gasteiger partial charge in [0.25, 0.3) is 0 Å². The van der Waals surface area contributed by atoms with E-state index in [4.69, 9.17) is 10.5 Å². The monoisotopic (exact) mass is 534 g/mol. The molecule has 4 aromatic rings. The van der Waals surface area contributed by atoms with Gasteiger partial charge in [0.2, 0.25) is 5.91 Å². The number of halogens is 3. The van der Waals surface area contributed by atoms with Gasteiger partial charge in [0, 0.05) is 55.0 Å². The molecule has 0 radical (unpaired) electrons. The fourth-order valence-electron chi connectivity index (χ4n) is 5.15. The summed E-state index contributed by atoms with van der Waals surface area (Å²) in [7, 11) is 1.35. The number of benzene rings is 3. The highest BCUT2D eigenvalue weighted by molar-refractivity contribution is 6.03. The van der Waals surface area contributed by atoms with Crippen LogP contribution in [0.2, 0.25) is 0 Å². The number of piperidine rings is 1. The molecule has 1 aliphatic rings. The Bertz CT molecular complexity index is 1530. The Labute approximate surface area is 224 Å². The maximum Gasteiger partial charge on any atom is 0.250 e. The summed E-state index contributed by atoms with van der Waals surface area (Å²) in [6.07, 6.45) is 3.31. The molecule has 0 bridgehead atoms. The number of aryl methyl sites for hydroxylation is 1. The minimum Gasteiger partial charge on any atom is -0.375 e. The minimum absolute atomic E-state index is 0.0957. The summed E-state index contributed by atoms with van der Waals surface area (Å²) < 4.78 is 48.6. The molecular weight excluding hydrogens is 505 g/mol. The molecular formula is C30H29F3N4O2. The van der Waals surface area contributed by atoms with Gasteiger partial charge in [-0.3, -0.25) is 9.78 Å². The predicted molar refractivity (Wildman–Crippen MR) is 147 cm³/mol. The zero-order chi connectivity index (χ0) is 27.7. The first-order valence-corrected chi connectivity index (χ1v) is 12.7. The highest BCUT2D eigenvalue weighted by Gasteiger charge is 2.24. The molecule has 3 N–H and O–H groups in total.